The Kier molecular flexibility index (Phi) is 7.53. The van der Waals surface area contributed by atoms with Crippen LogP contribution in [0, 0.1) is 0 Å². The Labute approximate surface area is 158 Å². The van der Waals surface area contributed by atoms with Gasteiger partial charge in [-0.15, -0.1) is 11.3 Å². The Bertz CT molecular complexity index is 746. The Morgan fingerprint density at radius 3 is 2.27 bits per heavy atom. The van der Waals surface area contributed by atoms with Gasteiger partial charge in [0, 0.05) is 36.3 Å². The lowest BCUT2D eigenvalue weighted by molar-refractivity contribution is 0.347. The number of hydrogen-bond acceptors (Lipinski definition) is 6. The average Bonchev–Trinajstić information content (AvgIpc) is 3.15. The third-order valence-corrected chi connectivity index (χ3v) is 4.96. The van der Waals surface area contributed by atoms with Crippen LogP contribution in [-0.2, 0) is 19.5 Å². The first-order chi connectivity index (χ1) is 12.6. The molecule has 0 unspecified atom stereocenters. The molecule has 0 spiro atoms. The molecule has 2 N–H and O–H groups in total. The number of hydrogen-bond donors (Lipinski definition) is 2. The minimum absolute atomic E-state index is 0.529. The van der Waals surface area contributed by atoms with E-state index in [4.69, 9.17) is 14.2 Å². The molecule has 2 rings (SSSR count). The zero-order valence-electron chi connectivity index (χ0n) is 15.9. The van der Waals surface area contributed by atoms with Crippen molar-refractivity contribution in [2.45, 2.75) is 26.4 Å². The second-order valence-corrected chi connectivity index (χ2v) is 6.57. The Morgan fingerprint density at radius 1 is 1.04 bits per heavy atom. The molecule has 2 aromatic rings. The monoisotopic (exact) mass is 378 g/mol. The molecule has 0 radical (unpaired) electrons. The molecule has 0 fully saturated rings. The number of nitrogens with zero attached hydrogens (tertiary/aromatic N) is 2. The lowest BCUT2D eigenvalue weighted by Crippen LogP contribution is -2.36. The van der Waals surface area contributed by atoms with Gasteiger partial charge in [0.2, 0.25) is 0 Å². The van der Waals surface area contributed by atoms with Crippen LogP contribution in [0.25, 0.3) is 0 Å². The van der Waals surface area contributed by atoms with Crippen LogP contribution in [0.15, 0.2) is 23.3 Å². The lowest BCUT2D eigenvalue weighted by Gasteiger charge is -2.16. The summed E-state index contributed by atoms with van der Waals surface area (Å²) < 4.78 is 16.1. The molecular formula is C18H26N4O3S. The largest absolute Gasteiger partial charge is 0.496 e. The van der Waals surface area contributed by atoms with Gasteiger partial charge < -0.3 is 24.8 Å². The molecule has 1 aromatic carbocycles. The molecule has 0 aliphatic rings. The van der Waals surface area contributed by atoms with Gasteiger partial charge in [0.05, 0.1) is 27.9 Å². The van der Waals surface area contributed by atoms with E-state index in [1.807, 2.05) is 18.3 Å². The summed E-state index contributed by atoms with van der Waals surface area (Å²) in [6.45, 7) is 3.29. The van der Waals surface area contributed by atoms with Gasteiger partial charge >= 0.3 is 0 Å². The summed E-state index contributed by atoms with van der Waals surface area (Å²) in [4.78, 5) is 9.93. The van der Waals surface area contributed by atoms with E-state index in [2.05, 4.69) is 27.5 Å². The summed E-state index contributed by atoms with van der Waals surface area (Å²) in [5, 5.41) is 7.59. The van der Waals surface area contributed by atoms with Crippen LogP contribution in [0.1, 0.15) is 22.4 Å². The molecule has 7 nitrogen and oxygen atoms in total. The number of ether oxygens (including phenoxy) is 3. The predicted octanol–water partition coefficient (Wildman–Crippen LogP) is 2.60. The van der Waals surface area contributed by atoms with E-state index < -0.39 is 0 Å². The Morgan fingerprint density at radius 2 is 1.69 bits per heavy atom. The standard InChI is InChI=1S/C18H26N4O3S/c1-6-13-10-20-17(26-13)11-22-18(19-2)21-9-12-7-15(24-4)16(25-5)8-14(12)23-3/h7-8,10H,6,9,11H2,1-5H3,(H2,19,21,22). The number of rotatable bonds is 8. The summed E-state index contributed by atoms with van der Waals surface area (Å²) in [7, 11) is 6.58. The van der Waals surface area contributed by atoms with Crippen molar-refractivity contribution in [3.05, 3.63) is 33.8 Å². The molecule has 0 saturated heterocycles. The molecule has 1 aromatic heterocycles. The van der Waals surface area contributed by atoms with Crippen molar-refractivity contribution in [3.63, 3.8) is 0 Å². The van der Waals surface area contributed by atoms with Crippen molar-refractivity contribution in [2.24, 2.45) is 4.99 Å². The second-order valence-electron chi connectivity index (χ2n) is 5.37. The number of nitrogens with one attached hydrogen (secondary N) is 2. The molecule has 26 heavy (non-hydrogen) atoms. The highest BCUT2D eigenvalue weighted by molar-refractivity contribution is 7.11. The molecular weight excluding hydrogens is 352 g/mol. The topological polar surface area (TPSA) is 77.0 Å². The van der Waals surface area contributed by atoms with E-state index >= 15 is 0 Å². The minimum atomic E-state index is 0.529. The van der Waals surface area contributed by atoms with Gasteiger partial charge in [-0.25, -0.2) is 4.98 Å². The smallest absolute Gasteiger partial charge is 0.191 e. The SMILES string of the molecule is CCc1cnc(CNC(=NC)NCc2cc(OC)c(OC)cc2OC)s1. The Hall–Kier alpha value is -2.48. The molecule has 142 valence electrons. The highest BCUT2D eigenvalue weighted by Gasteiger charge is 2.12. The minimum Gasteiger partial charge on any atom is -0.496 e. The third kappa shape index (κ3) is 5.01. The summed E-state index contributed by atoms with van der Waals surface area (Å²) in [5.41, 5.74) is 0.940. The number of methoxy groups -OCH3 is 3. The number of thiazole rings is 1. The molecule has 0 saturated carbocycles. The molecule has 8 heteroatoms. The van der Waals surface area contributed by atoms with Gasteiger partial charge in [0.15, 0.2) is 17.5 Å². The van der Waals surface area contributed by atoms with Gasteiger partial charge in [0.1, 0.15) is 10.8 Å². The van der Waals surface area contributed by atoms with Crippen molar-refractivity contribution in [3.8, 4) is 17.2 Å². The molecule has 0 amide bonds. The number of aryl methyl sites for hydroxylation is 1. The third-order valence-electron chi connectivity index (χ3n) is 3.81. The van der Waals surface area contributed by atoms with E-state index in [1.165, 1.54) is 4.88 Å². The molecule has 0 aliphatic carbocycles. The lowest BCUT2D eigenvalue weighted by atomic mass is 10.1. The van der Waals surface area contributed by atoms with E-state index in [0.717, 1.165) is 22.7 Å². The summed E-state index contributed by atoms with van der Waals surface area (Å²) in [5.74, 6) is 2.70. The van der Waals surface area contributed by atoms with Crippen molar-refractivity contribution >= 4 is 17.3 Å². The number of guanidine groups is 1. The highest BCUT2D eigenvalue weighted by Crippen LogP contribution is 2.34. The fraction of sp³-hybridized carbons (Fsp3) is 0.444. The van der Waals surface area contributed by atoms with Gasteiger partial charge in [-0.3, -0.25) is 4.99 Å². The summed E-state index contributed by atoms with van der Waals surface area (Å²) in [6, 6.07) is 3.71. The summed E-state index contributed by atoms with van der Waals surface area (Å²) in [6.07, 6.45) is 2.93. The van der Waals surface area contributed by atoms with Gasteiger partial charge in [-0.1, -0.05) is 6.92 Å². The predicted molar refractivity (Wildman–Crippen MR) is 105 cm³/mol. The maximum absolute atomic E-state index is 5.45. The molecule has 1 heterocycles. The maximum atomic E-state index is 5.45. The van der Waals surface area contributed by atoms with Crippen LogP contribution in [0.3, 0.4) is 0 Å². The molecule has 0 bridgehead atoms. The molecule has 0 aliphatic heterocycles. The number of aromatic nitrogens is 1. The van der Waals surface area contributed by atoms with E-state index in [0.29, 0.717) is 30.5 Å². The zero-order valence-corrected chi connectivity index (χ0v) is 16.7. The van der Waals surface area contributed by atoms with E-state index in [9.17, 15) is 0 Å². The fourth-order valence-corrected chi connectivity index (χ4v) is 3.18. The maximum Gasteiger partial charge on any atom is 0.191 e. The van der Waals surface area contributed by atoms with Crippen LogP contribution >= 0.6 is 11.3 Å². The van der Waals surface area contributed by atoms with Crippen LogP contribution in [0.5, 0.6) is 17.2 Å². The second kappa shape index (κ2) is 9.86. The van der Waals surface area contributed by atoms with Gasteiger partial charge in [-0.2, -0.15) is 0 Å². The van der Waals surface area contributed by atoms with E-state index in [-0.39, 0.29) is 0 Å². The average molecular weight is 378 g/mol. The first-order valence-electron chi connectivity index (χ1n) is 8.32. The van der Waals surface area contributed by atoms with Gasteiger partial charge in [-0.05, 0) is 12.5 Å². The fourth-order valence-electron chi connectivity index (χ4n) is 2.38. The van der Waals surface area contributed by atoms with Crippen molar-refractivity contribution < 1.29 is 14.2 Å². The first-order valence-corrected chi connectivity index (χ1v) is 9.13. The van der Waals surface area contributed by atoms with Crippen molar-refractivity contribution in [1.29, 1.82) is 0 Å². The highest BCUT2D eigenvalue weighted by atomic mass is 32.1. The number of benzene rings is 1. The first kappa shape index (κ1) is 19.8. The van der Waals surface area contributed by atoms with Crippen molar-refractivity contribution in [2.75, 3.05) is 28.4 Å². The van der Waals surface area contributed by atoms with E-state index in [1.54, 1.807) is 39.7 Å². The van der Waals surface area contributed by atoms with Crippen LogP contribution in [0.4, 0.5) is 0 Å². The van der Waals surface area contributed by atoms with Crippen LogP contribution < -0.4 is 24.8 Å². The number of aliphatic imine (C=N–C) groups is 1. The Balaban J connectivity index is 2.01. The zero-order chi connectivity index (χ0) is 18.9. The van der Waals surface area contributed by atoms with Crippen LogP contribution in [0.2, 0.25) is 0 Å². The quantitative estimate of drug-likeness (QED) is 0.543. The molecule has 0 atom stereocenters. The van der Waals surface area contributed by atoms with Gasteiger partial charge in [0.25, 0.3) is 0 Å². The van der Waals surface area contributed by atoms with Crippen molar-refractivity contribution in [1.82, 2.24) is 15.6 Å². The summed E-state index contributed by atoms with van der Waals surface area (Å²) >= 11 is 1.71. The normalized spacial score (nSPS) is 11.2. The van der Waals surface area contributed by atoms with Crippen LogP contribution in [-0.4, -0.2) is 39.3 Å².